The normalized spacial score (nSPS) is 12.7. The molecule has 0 fully saturated rings. The summed E-state index contributed by atoms with van der Waals surface area (Å²) in [5, 5.41) is 5.25. The quantitative estimate of drug-likeness (QED) is 0.617. The topological polar surface area (TPSA) is 51.2 Å². The van der Waals surface area contributed by atoms with Gasteiger partial charge in [0.1, 0.15) is 10.4 Å². The third kappa shape index (κ3) is 5.37. The molecule has 0 saturated heterocycles. The summed E-state index contributed by atoms with van der Waals surface area (Å²) in [5.74, 6) is 0.659. The number of aromatic nitrogens is 1. The Morgan fingerprint density at radius 1 is 1.61 bits per heavy atom. The van der Waals surface area contributed by atoms with E-state index in [-0.39, 0.29) is 18.1 Å². The highest BCUT2D eigenvalue weighted by atomic mass is 32.2. The van der Waals surface area contributed by atoms with E-state index in [0.29, 0.717) is 0 Å². The number of methoxy groups -OCH3 is 1. The molecule has 4 nitrogen and oxygen atoms in total. The Kier molecular flexibility index (Phi) is 6.67. The molecule has 0 bridgehead atoms. The molecule has 0 spiro atoms. The van der Waals surface area contributed by atoms with Gasteiger partial charge in [0, 0.05) is 22.9 Å². The van der Waals surface area contributed by atoms with Crippen molar-refractivity contribution in [3.63, 3.8) is 0 Å². The monoisotopic (exact) mass is 288 g/mol. The predicted octanol–water partition coefficient (Wildman–Crippen LogP) is 2.47. The van der Waals surface area contributed by atoms with Gasteiger partial charge in [0.15, 0.2) is 0 Å². The lowest BCUT2D eigenvalue weighted by Crippen LogP contribution is -2.41. The van der Waals surface area contributed by atoms with E-state index in [9.17, 15) is 4.79 Å². The van der Waals surface area contributed by atoms with Gasteiger partial charge in [-0.15, -0.1) is 11.3 Å². The van der Waals surface area contributed by atoms with Crippen molar-refractivity contribution in [2.75, 3.05) is 12.9 Å². The summed E-state index contributed by atoms with van der Waals surface area (Å²) in [4.78, 5) is 16.0. The van der Waals surface area contributed by atoms with Gasteiger partial charge < -0.3 is 10.1 Å². The second-order valence-corrected chi connectivity index (χ2v) is 6.49. The number of rotatable bonds is 7. The maximum atomic E-state index is 11.6. The van der Waals surface area contributed by atoms with E-state index in [0.717, 1.165) is 22.2 Å². The fourth-order valence-corrected chi connectivity index (χ4v) is 3.40. The molecule has 1 aromatic rings. The second-order valence-electron chi connectivity index (χ2n) is 4.29. The van der Waals surface area contributed by atoms with Crippen LogP contribution in [-0.4, -0.2) is 35.9 Å². The minimum Gasteiger partial charge on any atom is -0.468 e. The number of thioether (sulfide) groups is 1. The highest BCUT2D eigenvalue weighted by Gasteiger charge is 2.19. The zero-order valence-corrected chi connectivity index (χ0v) is 12.9. The molecule has 0 saturated carbocycles. The van der Waals surface area contributed by atoms with Gasteiger partial charge in [-0.05, 0) is 13.3 Å². The SMILES string of the molecule is COC(=O)C(CCSc1nc(C)cs1)NC(C)C. The van der Waals surface area contributed by atoms with E-state index >= 15 is 0 Å². The van der Waals surface area contributed by atoms with Gasteiger partial charge in [0.2, 0.25) is 0 Å². The highest BCUT2D eigenvalue weighted by molar-refractivity contribution is 8.01. The molecule has 6 heteroatoms. The van der Waals surface area contributed by atoms with E-state index in [1.54, 1.807) is 23.1 Å². The number of nitrogens with zero attached hydrogens (tertiary/aromatic N) is 1. The lowest BCUT2D eigenvalue weighted by molar-refractivity contribution is -0.143. The summed E-state index contributed by atoms with van der Waals surface area (Å²) in [5.41, 5.74) is 1.05. The van der Waals surface area contributed by atoms with Crippen molar-refractivity contribution >= 4 is 29.1 Å². The van der Waals surface area contributed by atoms with Crippen LogP contribution in [0.5, 0.6) is 0 Å². The van der Waals surface area contributed by atoms with E-state index in [1.165, 1.54) is 7.11 Å². The lowest BCUT2D eigenvalue weighted by atomic mass is 10.2. The molecular weight excluding hydrogens is 268 g/mol. The number of carbonyl (C=O) groups is 1. The first-order valence-electron chi connectivity index (χ1n) is 5.91. The van der Waals surface area contributed by atoms with Gasteiger partial charge in [0.25, 0.3) is 0 Å². The third-order valence-corrected chi connectivity index (χ3v) is 4.42. The first-order chi connectivity index (χ1) is 8.52. The van der Waals surface area contributed by atoms with Crippen molar-refractivity contribution in [3.8, 4) is 0 Å². The van der Waals surface area contributed by atoms with Crippen molar-refractivity contribution in [3.05, 3.63) is 11.1 Å². The molecule has 1 aromatic heterocycles. The summed E-state index contributed by atoms with van der Waals surface area (Å²) in [6.45, 7) is 6.03. The van der Waals surface area contributed by atoms with Gasteiger partial charge in [-0.1, -0.05) is 25.6 Å². The number of ether oxygens (including phenoxy) is 1. The standard InChI is InChI=1S/C12H20N2O2S2/c1-8(2)13-10(11(15)16-4)5-6-17-12-14-9(3)7-18-12/h7-8,10,13H,5-6H2,1-4H3. The average molecular weight is 288 g/mol. The van der Waals surface area contributed by atoms with Crippen LogP contribution in [-0.2, 0) is 9.53 Å². The van der Waals surface area contributed by atoms with Crippen molar-refractivity contribution < 1.29 is 9.53 Å². The van der Waals surface area contributed by atoms with E-state index in [1.807, 2.05) is 26.2 Å². The first-order valence-corrected chi connectivity index (χ1v) is 7.78. The van der Waals surface area contributed by atoms with E-state index < -0.39 is 0 Å². The molecule has 0 aromatic carbocycles. The van der Waals surface area contributed by atoms with E-state index in [4.69, 9.17) is 4.74 Å². The van der Waals surface area contributed by atoms with Crippen molar-refractivity contribution in [1.82, 2.24) is 10.3 Å². The fraction of sp³-hybridized carbons (Fsp3) is 0.667. The Hall–Kier alpha value is -0.590. The number of hydrogen-bond donors (Lipinski definition) is 1. The Balaban J connectivity index is 2.39. The van der Waals surface area contributed by atoms with E-state index in [2.05, 4.69) is 10.3 Å². The Labute approximate surface area is 117 Å². The van der Waals surface area contributed by atoms with Gasteiger partial charge in [-0.25, -0.2) is 4.98 Å². The number of thiazole rings is 1. The molecule has 1 heterocycles. The second kappa shape index (κ2) is 7.76. The van der Waals surface area contributed by atoms with Crippen LogP contribution in [0.4, 0.5) is 0 Å². The van der Waals surface area contributed by atoms with Crippen molar-refractivity contribution in [2.45, 2.75) is 43.6 Å². The van der Waals surface area contributed by atoms with Crippen molar-refractivity contribution in [2.24, 2.45) is 0 Å². The first kappa shape index (κ1) is 15.5. The molecule has 18 heavy (non-hydrogen) atoms. The van der Waals surface area contributed by atoms with Crippen LogP contribution in [0.3, 0.4) is 0 Å². The third-order valence-electron chi connectivity index (χ3n) is 2.25. The molecule has 0 amide bonds. The van der Waals surface area contributed by atoms with Gasteiger partial charge in [0.05, 0.1) is 7.11 Å². The zero-order chi connectivity index (χ0) is 13.5. The molecule has 1 unspecified atom stereocenters. The van der Waals surface area contributed by atoms with Gasteiger partial charge >= 0.3 is 5.97 Å². The van der Waals surface area contributed by atoms with Crippen LogP contribution in [0, 0.1) is 6.92 Å². The summed E-state index contributed by atoms with van der Waals surface area (Å²) in [6.07, 6.45) is 0.744. The van der Waals surface area contributed by atoms with Crippen molar-refractivity contribution in [1.29, 1.82) is 0 Å². The number of hydrogen-bond acceptors (Lipinski definition) is 6. The maximum absolute atomic E-state index is 11.6. The minimum absolute atomic E-state index is 0.195. The lowest BCUT2D eigenvalue weighted by Gasteiger charge is -2.18. The molecule has 0 aliphatic carbocycles. The molecule has 0 aliphatic rings. The predicted molar refractivity (Wildman–Crippen MR) is 76.3 cm³/mol. The smallest absolute Gasteiger partial charge is 0.322 e. The number of esters is 1. The Morgan fingerprint density at radius 2 is 2.33 bits per heavy atom. The van der Waals surface area contributed by atoms with Crippen LogP contribution in [0.15, 0.2) is 9.72 Å². The van der Waals surface area contributed by atoms with Crippen LogP contribution < -0.4 is 5.32 Å². The highest BCUT2D eigenvalue weighted by Crippen LogP contribution is 2.23. The average Bonchev–Trinajstić information content (AvgIpc) is 2.72. The molecule has 1 rings (SSSR count). The summed E-state index contributed by atoms with van der Waals surface area (Å²) in [6, 6.07) is 0.0322. The number of nitrogens with one attached hydrogen (secondary N) is 1. The molecule has 0 aliphatic heterocycles. The minimum atomic E-state index is -0.233. The summed E-state index contributed by atoms with van der Waals surface area (Å²) in [7, 11) is 1.43. The molecule has 1 N–H and O–H groups in total. The summed E-state index contributed by atoms with van der Waals surface area (Å²) >= 11 is 3.33. The molecule has 0 radical (unpaired) electrons. The fourth-order valence-electron chi connectivity index (χ4n) is 1.48. The number of carbonyl (C=O) groups excluding carboxylic acids is 1. The zero-order valence-electron chi connectivity index (χ0n) is 11.2. The van der Waals surface area contributed by atoms with Gasteiger partial charge in [-0.2, -0.15) is 0 Å². The Morgan fingerprint density at radius 3 is 2.83 bits per heavy atom. The molecule has 1 atom stereocenters. The maximum Gasteiger partial charge on any atom is 0.322 e. The number of aryl methyl sites for hydroxylation is 1. The summed E-state index contributed by atoms with van der Waals surface area (Å²) < 4.78 is 5.85. The van der Waals surface area contributed by atoms with Crippen LogP contribution >= 0.6 is 23.1 Å². The molecular formula is C12H20N2O2S2. The van der Waals surface area contributed by atoms with Crippen LogP contribution in [0.1, 0.15) is 26.0 Å². The van der Waals surface area contributed by atoms with Crippen LogP contribution in [0.2, 0.25) is 0 Å². The molecule has 102 valence electrons. The largest absolute Gasteiger partial charge is 0.468 e. The van der Waals surface area contributed by atoms with Crippen LogP contribution in [0.25, 0.3) is 0 Å². The van der Waals surface area contributed by atoms with Gasteiger partial charge in [-0.3, -0.25) is 4.79 Å². The Bertz CT molecular complexity index is 380.